The van der Waals surface area contributed by atoms with E-state index in [0.29, 0.717) is 73.0 Å². The number of rotatable bonds is 17. The third kappa shape index (κ3) is 14.2. The zero-order valence-corrected chi connectivity index (χ0v) is 51.6. The van der Waals surface area contributed by atoms with Gasteiger partial charge in [0.2, 0.25) is 17.7 Å². The molecule has 19 heteroatoms. The number of thiazole rings is 2. The number of likely N-dealkylation sites (tertiary alicyclic amines) is 2. The molecular formula is C66H77N9O8S2. The molecule has 446 valence electrons. The number of amides is 4. The fourth-order valence-corrected chi connectivity index (χ4v) is 13.3. The molecule has 2 saturated heterocycles. The van der Waals surface area contributed by atoms with Gasteiger partial charge in [-0.15, -0.1) is 11.3 Å². The van der Waals surface area contributed by atoms with Gasteiger partial charge in [0.05, 0.1) is 51.6 Å². The summed E-state index contributed by atoms with van der Waals surface area (Å²) in [7, 11) is 0. The lowest BCUT2D eigenvalue weighted by molar-refractivity contribution is -0.144. The highest BCUT2D eigenvalue weighted by atomic mass is 32.1. The summed E-state index contributed by atoms with van der Waals surface area (Å²) < 4.78 is 13.5. The number of aliphatic hydroxyl groups is 1. The first kappa shape index (κ1) is 60.5. The predicted octanol–water partition coefficient (Wildman–Crippen LogP) is 10.7. The molecule has 85 heavy (non-hydrogen) atoms. The van der Waals surface area contributed by atoms with E-state index in [1.54, 1.807) is 11.3 Å². The second kappa shape index (κ2) is 25.6. The highest BCUT2D eigenvalue weighted by molar-refractivity contribution is 7.22. The zero-order valence-electron chi connectivity index (χ0n) is 50.0. The number of nitrogens with one attached hydrogen (secondary N) is 3. The number of anilines is 2. The first-order chi connectivity index (χ1) is 40.6. The Balaban J connectivity index is 0.732. The molecule has 4 N–H and O–H groups in total. The predicted molar refractivity (Wildman–Crippen MR) is 334 cm³/mol. The number of aliphatic hydroxyl groups excluding tert-OH is 1. The number of carbonyl (C=O) groups excluding carboxylic acids is 5. The first-order valence-corrected chi connectivity index (χ1v) is 31.1. The molecule has 4 amide bonds. The number of carbonyl (C=O) groups is 5. The minimum atomic E-state index is -0.927. The number of esters is 1. The van der Waals surface area contributed by atoms with Crippen molar-refractivity contribution in [3.63, 3.8) is 0 Å². The van der Waals surface area contributed by atoms with Crippen LogP contribution in [0.2, 0.25) is 0 Å². The van der Waals surface area contributed by atoms with Gasteiger partial charge in [-0.25, -0.2) is 19.7 Å². The number of ether oxygens (including phenoxy) is 2. The normalized spacial score (nSPS) is 17.5. The number of benzene rings is 4. The smallest absolute Gasteiger partial charge is 0.358 e. The molecule has 0 saturated carbocycles. The molecule has 0 radical (unpaired) electrons. The molecule has 3 aliphatic heterocycles. The van der Waals surface area contributed by atoms with Gasteiger partial charge in [-0.1, -0.05) is 92.8 Å². The van der Waals surface area contributed by atoms with Crippen molar-refractivity contribution in [3.8, 4) is 27.3 Å². The molecule has 6 heterocycles. The van der Waals surface area contributed by atoms with Crippen molar-refractivity contribution < 1.29 is 38.6 Å². The lowest BCUT2D eigenvalue weighted by atomic mass is 9.85. The number of hydrogen-bond acceptors (Lipinski definition) is 15. The van der Waals surface area contributed by atoms with E-state index in [2.05, 4.69) is 41.8 Å². The van der Waals surface area contributed by atoms with E-state index >= 15 is 0 Å². The molecular weight excluding hydrogens is 1110 g/mol. The number of aryl methyl sites for hydroxylation is 1. The van der Waals surface area contributed by atoms with Crippen LogP contribution in [0.1, 0.15) is 129 Å². The molecule has 0 bridgehead atoms. The van der Waals surface area contributed by atoms with E-state index in [9.17, 15) is 29.1 Å². The van der Waals surface area contributed by atoms with E-state index in [1.165, 1.54) is 16.2 Å². The minimum Gasteiger partial charge on any atom is -0.493 e. The maximum atomic E-state index is 14.4. The van der Waals surface area contributed by atoms with Crippen LogP contribution in [0, 0.1) is 25.2 Å². The highest BCUT2D eigenvalue weighted by Crippen LogP contribution is 2.37. The minimum absolute atomic E-state index is 0.00489. The molecule has 10 rings (SSSR count). The number of piperidine rings is 1. The maximum Gasteiger partial charge on any atom is 0.358 e. The van der Waals surface area contributed by atoms with Crippen molar-refractivity contribution >= 4 is 73.4 Å². The molecule has 3 aromatic heterocycles. The lowest BCUT2D eigenvalue weighted by Crippen LogP contribution is -2.59. The summed E-state index contributed by atoms with van der Waals surface area (Å²) in [6, 6.07) is 29.1. The SMILES string of the molecule is Cc1ncsc1-c1ccc(C(C)NC(=O)[C@@H]2C[C@@H](O)CN2C(=O)C(NC(=O)CN2CCC(CCOc3cccc(-c4ccc(N5CCc6cccc(C(=O)Nc7nc8ccccc8s7)c6C5)nc4C(=O)OC(C)(C)C)c3C)CC2)C(C)(C)C)cc1. The molecule has 3 aliphatic rings. The van der Waals surface area contributed by atoms with Gasteiger partial charge in [0.15, 0.2) is 10.8 Å². The molecule has 7 aromatic rings. The third-order valence-electron chi connectivity index (χ3n) is 16.3. The summed E-state index contributed by atoms with van der Waals surface area (Å²) in [6.07, 6.45) is 2.45. The molecule has 0 spiro atoms. The van der Waals surface area contributed by atoms with Crippen molar-refractivity contribution in [2.45, 2.75) is 131 Å². The van der Waals surface area contributed by atoms with Crippen LogP contribution in [-0.2, 0) is 32.1 Å². The van der Waals surface area contributed by atoms with Crippen molar-refractivity contribution in [2.75, 3.05) is 49.5 Å². The van der Waals surface area contributed by atoms with Crippen LogP contribution >= 0.6 is 22.7 Å². The summed E-state index contributed by atoms with van der Waals surface area (Å²) in [5, 5.41) is 20.5. The van der Waals surface area contributed by atoms with E-state index in [-0.39, 0.29) is 49.0 Å². The Morgan fingerprint density at radius 1 is 0.835 bits per heavy atom. The second-order valence-electron chi connectivity index (χ2n) is 24.8. The quantitative estimate of drug-likeness (QED) is 0.0627. The fourth-order valence-electron chi connectivity index (χ4n) is 11.7. The molecule has 17 nitrogen and oxygen atoms in total. The van der Waals surface area contributed by atoms with E-state index < -0.39 is 41.1 Å². The standard InChI is InChI=1S/C66H77N9O8S2/c1-39-47(48-24-25-55(70-57(48)63(81)83-66(7,8)9)74-32-28-44-14-12-16-49(50(44)36-74)60(78)72-64-69-51-17-10-11-19-54(51)85-64)15-13-18-53(39)82-33-29-42-26-30-73(31-27-42)37-56(77)71-59(65(4,5)6)62(80)75-35-46(76)34-52(75)61(79)68-40(2)43-20-22-45(23-21-43)58-41(3)67-38-84-58/h10-25,38,40,42,46,52,59,76H,26-37H2,1-9H3,(H,68,79)(H,71,77)(H,69,72,78)/t40?,46-,52+,59?/m1/s1. The lowest BCUT2D eigenvalue weighted by Gasteiger charge is -2.36. The molecule has 4 atom stereocenters. The molecule has 2 fully saturated rings. The number of hydrogen-bond donors (Lipinski definition) is 4. The Morgan fingerprint density at radius 3 is 2.31 bits per heavy atom. The summed E-state index contributed by atoms with van der Waals surface area (Å²) >= 11 is 3.01. The van der Waals surface area contributed by atoms with E-state index in [0.717, 1.165) is 73.4 Å². The summed E-state index contributed by atoms with van der Waals surface area (Å²) in [5.74, 6) is -0.129. The van der Waals surface area contributed by atoms with Crippen LogP contribution in [0.5, 0.6) is 5.75 Å². The molecule has 0 aliphatic carbocycles. The van der Waals surface area contributed by atoms with Gasteiger partial charge in [0.25, 0.3) is 5.91 Å². The van der Waals surface area contributed by atoms with Gasteiger partial charge in [0.1, 0.15) is 29.3 Å². The Hall–Kier alpha value is -7.58. The van der Waals surface area contributed by atoms with Gasteiger partial charge in [-0.2, -0.15) is 0 Å². The van der Waals surface area contributed by atoms with Gasteiger partial charge in [-0.3, -0.25) is 29.4 Å². The zero-order chi connectivity index (χ0) is 60.3. The van der Waals surface area contributed by atoms with Gasteiger partial charge in [-0.05, 0) is 161 Å². The number of fused-ring (bicyclic) bond motifs is 2. The summed E-state index contributed by atoms with van der Waals surface area (Å²) in [4.78, 5) is 90.7. The number of pyridine rings is 1. The van der Waals surface area contributed by atoms with Crippen LogP contribution < -0.4 is 25.6 Å². The fraction of sp³-hybridized carbons (Fsp3) is 0.424. The molecule has 2 unspecified atom stereocenters. The van der Waals surface area contributed by atoms with Crippen LogP contribution in [0.3, 0.4) is 0 Å². The van der Waals surface area contributed by atoms with Crippen molar-refractivity contribution in [2.24, 2.45) is 11.3 Å². The van der Waals surface area contributed by atoms with Crippen molar-refractivity contribution in [1.82, 2.24) is 35.4 Å². The Morgan fingerprint density at radius 2 is 1.59 bits per heavy atom. The van der Waals surface area contributed by atoms with Crippen molar-refractivity contribution in [3.05, 3.63) is 142 Å². The monoisotopic (exact) mass is 1190 g/mol. The number of β-amino-alcohol motifs (C(OH)–C–C–N with tert-alkyl or cyclic N) is 1. The summed E-state index contributed by atoms with van der Waals surface area (Å²) in [5.41, 5.74) is 9.14. The summed E-state index contributed by atoms with van der Waals surface area (Å²) in [6.45, 7) is 20.1. The van der Waals surface area contributed by atoms with Crippen LogP contribution in [0.4, 0.5) is 10.9 Å². The average molecular weight is 1190 g/mol. The Kier molecular flexibility index (Phi) is 18.2. The van der Waals surface area contributed by atoms with E-state index in [1.807, 2.05) is 159 Å². The first-order valence-electron chi connectivity index (χ1n) is 29.4. The topological polar surface area (TPSA) is 209 Å². The molecule has 4 aromatic carbocycles. The average Bonchev–Trinajstić information content (AvgIpc) is 3.70. The number of para-hydroxylation sites is 1. The highest BCUT2D eigenvalue weighted by Gasteiger charge is 2.45. The maximum absolute atomic E-state index is 14.4. The van der Waals surface area contributed by atoms with Crippen LogP contribution in [0.15, 0.2) is 103 Å². The third-order valence-corrected chi connectivity index (χ3v) is 18.3. The number of nitrogens with zero attached hydrogens (tertiary/aromatic N) is 6. The number of aromatic nitrogens is 3. The van der Waals surface area contributed by atoms with Crippen molar-refractivity contribution in [1.29, 1.82) is 0 Å². The van der Waals surface area contributed by atoms with Gasteiger partial charge < -0.3 is 35.0 Å². The van der Waals surface area contributed by atoms with Gasteiger partial charge >= 0.3 is 5.97 Å². The second-order valence-corrected chi connectivity index (χ2v) is 26.7. The van der Waals surface area contributed by atoms with Crippen LogP contribution in [-0.4, -0.2) is 123 Å². The Bertz CT molecular complexity index is 3570. The van der Waals surface area contributed by atoms with Crippen LogP contribution in [0.25, 0.3) is 31.8 Å². The van der Waals surface area contributed by atoms with E-state index in [4.69, 9.17) is 14.5 Å². The van der Waals surface area contributed by atoms with Gasteiger partial charge in [0, 0.05) is 37.2 Å². The Labute approximate surface area is 505 Å². The largest absolute Gasteiger partial charge is 0.493 e.